The lowest BCUT2D eigenvalue weighted by Crippen LogP contribution is -2.37. The second-order valence-electron chi connectivity index (χ2n) is 8.06. The van der Waals surface area contributed by atoms with Gasteiger partial charge in [-0.05, 0) is 18.4 Å². The van der Waals surface area contributed by atoms with Crippen molar-refractivity contribution in [2.75, 3.05) is 31.2 Å². The molecule has 1 amide bonds. The van der Waals surface area contributed by atoms with Gasteiger partial charge in [0.25, 0.3) is 11.9 Å². The van der Waals surface area contributed by atoms with E-state index in [9.17, 15) is 4.79 Å². The van der Waals surface area contributed by atoms with E-state index in [1.165, 1.54) is 0 Å². The van der Waals surface area contributed by atoms with E-state index in [1.807, 2.05) is 36.5 Å². The maximum Gasteiger partial charge on any atom is 0.287 e. The van der Waals surface area contributed by atoms with Gasteiger partial charge in [0, 0.05) is 37.0 Å². The van der Waals surface area contributed by atoms with Crippen LogP contribution in [0.15, 0.2) is 53.2 Å². The minimum absolute atomic E-state index is 0.217. The van der Waals surface area contributed by atoms with E-state index in [0.717, 1.165) is 24.0 Å². The van der Waals surface area contributed by atoms with Gasteiger partial charge in [0.1, 0.15) is 5.52 Å². The molecule has 1 aromatic carbocycles. The number of nitrogens with one attached hydrogen (secondary N) is 1. The monoisotopic (exact) mass is 430 g/mol. The van der Waals surface area contributed by atoms with Crippen molar-refractivity contribution in [3.8, 4) is 17.1 Å². The van der Waals surface area contributed by atoms with E-state index in [-0.39, 0.29) is 17.7 Å². The number of carbonyl (C=O) groups excluding carboxylic acids is 1. The van der Waals surface area contributed by atoms with Gasteiger partial charge >= 0.3 is 0 Å². The van der Waals surface area contributed by atoms with Gasteiger partial charge in [-0.15, -0.1) is 0 Å². The average Bonchev–Trinajstić information content (AvgIpc) is 3.34. The van der Waals surface area contributed by atoms with E-state index in [4.69, 9.17) is 14.1 Å². The summed E-state index contributed by atoms with van der Waals surface area (Å²) in [6.45, 7) is 2.58. The Morgan fingerprint density at radius 1 is 1.06 bits per heavy atom. The van der Waals surface area contributed by atoms with Gasteiger partial charge < -0.3 is 19.4 Å². The van der Waals surface area contributed by atoms with Gasteiger partial charge in [-0.3, -0.25) is 4.79 Å². The summed E-state index contributed by atoms with van der Waals surface area (Å²) in [5.41, 5.74) is 3.12. The third kappa shape index (κ3) is 3.60. The molecule has 1 aliphatic carbocycles. The number of carbonyl (C=O) groups is 1. The largest absolute Gasteiger partial charge is 0.445 e. The minimum Gasteiger partial charge on any atom is -0.445 e. The summed E-state index contributed by atoms with van der Waals surface area (Å²) in [6.07, 6.45) is 5.72. The summed E-state index contributed by atoms with van der Waals surface area (Å²) in [6, 6.07) is 12.0. The summed E-state index contributed by atoms with van der Waals surface area (Å²) in [5.74, 6) is 1.11. The second kappa shape index (κ2) is 7.76. The molecule has 1 saturated heterocycles. The number of benzene rings is 1. The Balaban J connectivity index is 1.42. The number of fused-ring (bicyclic) bond motifs is 1. The summed E-state index contributed by atoms with van der Waals surface area (Å²) < 4.78 is 13.1. The minimum atomic E-state index is -0.217. The molecule has 2 fully saturated rings. The van der Waals surface area contributed by atoms with Crippen molar-refractivity contribution in [1.82, 2.24) is 25.1 Å². The van der Waals surface area contributed by atoms with Crippen LogP contribution in [0.1, 0.15) is 23.4 Å². The topological polar surface area (TPSA) is 98.3 Å². The lowest BCUT2D eigenvalue weighted by molar-refractivity contribution is 0.0925. The fraction of sp³-hybridized carbons (Fsp3) is 0.304. The van der Waals surface area contributed by atoms with Gasteiger partial charge in [-0.1, -0.05) is 30.3 Å². The first-order valence-electron chi connectivity index (χ1n) is 10.8. The highest BCUT2D eigenvalue weighted by atomic mass is 16.5. The number of hydrogen-bond donors (Lipinski definition) is 1. The summed E-state index contributed by atoms with van der Waals surface area (Å²) in [5, 5.41) is 7.45. The standard InChI is InChI=1S/C23H22N6O3/c30-22(25-17-6-7-17)19-12-18-20(32-19)21(28-8-10-31-11-9-28)27-23(26-18)29-14-16(13-24-29)15-4-2-1-3-5-15/h1-5,12-14,17H,6-11H2,(H,25,30). The molecule has 0 radical (unpaired) electrons. The number of rotatable bonds is 5. The fourth-order valence-corrected chi connectivity index (χ4v) is 3.80. The molecule has 9 nitrogen and oxygen atoms in total. The zero-order valence-corrected chi connectivity index (χ0v) is 17.4. The summed E-state index contributed by atoms with van der Waals surface area (Å²) in [7, 11) is 0. The molecule has 1 N–H and O–H groups in total. The van der Waals surface area contributed by atoms with Gasteiger partial charge in [0.2, 0.25) is 0 Å². The van der Waals surface area contributed by atoms with Crippen LogP contribution in [-0.2, 0) is 4.74 Å². The molecule has 0 bridgehead atoms. The highest BCUT2D eigenvalue weighted by Crippen LogP contribution is 2.30. The molecule has 6 rings (SSSR count). The molecule has 32 heavy (non-hydrogen) atoms. The van der Waals surface area contributed by atoms with Crippen LogP contribution >= 0.6 is 0 Å². The van der Waals surface area contributed by atoms with Crippen LogP contribution in [0.3, 0.4) is 0 Å². The Labute approximate surface area is 184 Å². The van der Waals surface area contributed by atoms with Gasteiger partial charge in [-0.2, -0.15) is 10.1 Å². The Kier molecular flexibility index (Phi) is 4.61. The molecule has 0 atom stereocenters. The number of morpholine rings is 1. The molecule has 4 aromatic rings. The quantitative estimate of drug-likeness (QED) is 0.520. The number of anilines is 1. The van der Waals surface area contributed by atoms with Crippen molar-refractivity contribution in [2.45, 2.75) is 18.9 Å². The Morgan fingerprint density at radius 2 is 1.88 bits per heavy atom. The zero-order valence-electron chi connectivity index (χ0n) is 17.4. The predicted molar refractivity (Wildman–Crippen MR) is 118 cm³/mol. The number of hydrogen-bond acceptors (Lipinski definition) is 7. The highest BCUT2D eigenvalue weighted by Gasteiger charge is 2.27. The summed E-state index contributed by atoms with van der Waals surface area (Å²) in [4.78, 5) is 24.1. The van der Waals surface area contributed by atoms with E-state index < -0.39 is 0 Å². The molecular formula is C23H22N6O3. The molecule has 1 aliphatic heterocycles. The van der Waals surface area contributed by atoms with E-state index in [0.29, 0.717) is 49.2 Å². The van der Waals surface area contributed by atoms with Crippen molar-refractivity contribution < 1.29 is 13.9 Å². The molecule has 4 heterocycles. The first-order valence-corrected chi connectivity index (χ1v) is 10.8. The van der Waals surface area contributed by atoms with Gasteiger partial charge in [0.15, 0.2) is 17.2 Å². The highest BCUT2D eigenvalue weighted by molar-refractivity contribution is 5.97. The Bertz CT molecular complexity index is 1270. The molecule has 2 aliphatic rings. The molecule has 0 spiro atoms. The van der Waals surface area contributed by atoms with E-state index >= 15 is 0 Å². The zero-order chi connectivity index (χ0) is 21.5. The van der Waals surface area contributed by atoms with E-state index in [1.54, 1.807) is 16.9 Å². The predicted octanol–water partition coefficient (Wildman–Crippen LogP) is 2.80. The van der Waals surface area contributed by atoms with Crippen LogP contribution in [0.25, 0.3) is 28.2 Å². The lowest BCUT2D eigenvalue weighted by Gasteiger charge is -2.27. The SMILES string of the molecule is O=C(NC1CC1)c1cc2nc(-n3cc(-c4ccccc4)cn3)nc(N3CCOCC3)c2o1. The molecule has 162 valence electrons. The normalized spacial score (nSPS) is 16.4. The smallest absolute Gasteiger partial charge is 0.287 e. The number of amides is 1. The lowest BCUT2D eigenvalue weighted by atomic mass is 10.1. The maximum atomic E-state index is 12.6. The molecule has 0 unspecified atom stereocenters. The fourth-order valence-electron chi connectivity index (χ4n) is 3.80. The number of ether oxygens (including phenoxy) is 1. The van der Waals surface area contributed by atoms with Crippen LogP contribution in [0.5, 0.6) is 0 Å². The Hall–Kier alpha value is -3.72. The van der Waals surface area contributed by atoms with Crippen LogP contribution < -0.4 is 10.2 Å². The van der Waals surface area contributed by atoms with Gasteiger partial charge in [0.05, 0.1) is 19.4 Å². The van der Waals surface area contributed by atoms with E-state index in [2.05, 4.69) is 20.3 Å². The Morgan fingerprint density at radius 3 is 2.66 bits per heavy atom. The maximum absolute atomic E-state index is 12.6. The molecule has 1 saturated carbocycles. The number of furan rings is 1. The first kappa shape index (κ1) is 19.0. The van der Waals surface area contributed by atoms with Crippen molar-refractivity contribution in [2.24, 2.45) is 0 Å². The van der Waals surface area contributed by atoms with Crippen molar-refractivity contribution in [1.29, 1.82) is 0 Å². The summed E-state index contributed by atoms with van der Waals surface area (Å²) >= 11 is 0. The third-order valence-electron chi connectivity index (χ3n) is 5.68. The second-order valence-corrected chi connectivity index (χ2v) is 8.06. The first-order chi connectivity index (χ1) is 15.7. The average molecular weight is 430 g/mol. The number of aromatic nitrogens is 4. The number of nitrogens with zero attached hydrogens (tertiary/aromatic N) is 5. The van der Waals surface area contributed by atoms with Crippen molar-refractivity contribution in [3.05, 3.63) is 54.6 Å². The van der Waals surface area contributed by atoms with Crippen LogP contribution in [-0.4, -0.2) is 58.0 Å². The molecule has 3 aromatic heterocycles. The van der Waals surface area contributed by atoms with Crippen molar-refractivity contribution in [3.63, 3.8) is 0 Å². The molecular weight excluding hydrogens is 408 g/mol. The van der Waals surface area contributed by atoms with Crippen LogP contribution in [0.2, 0.25) is 0 Å². The third-order valence-corrected chi connectivity index (χ3v) is 5.68. The van der Waals surface area contributed by atoms with Crippen molar-refractivity contribution >= 4 is 22.8 Å². The molecule has 9 heteroatoms. The van der Waals surface area contributed by atoms with Gasteiger partial charge in [-0.25, -0.2) is 9.67 Å². The van der Waals surface area contributed by atoms with Crippen LogP contribution in [0, 0.1) is 0 Å². The van der Waals surface area contributed by atoms with Crippen LogP contribution in [0.4, 0.5) is 5.82 Å².